The highest BCUT2D eigenvalue weighted by atomic mass is 16.4. The topological polar surface area (TPSA) is 87.7 Å². The summed E-state index contributed by atoms with van der Waals surface area (Å²) >= 11 is 0. The minimum Gasteiger partial charge on any atom is -0.478 e. The first kappa shape index (κ1) is 16.3. The highest BCUT2D eigenvalue weighted by molar-refractivity contribution is 6.02. The van der Waals surface area contributed by atoms with E-state index in [1.165, 1.54) is 6.26 Å². The summed E-state index contributed by atoms with van der Waals surface area (Å²) in [4.78, 5) is 23.5. The van der Waals surface area contributed by atoms with E-state index in [0.717, 1.165) is 24.0 Å². The summed E-state index contributed by atoms with van der Waals surface area (Å²) < 4.78 is 5.43. The van der Waals surface area contributed by atoms with Crippen molar-refractivity contribution in [2.45, 2.75) is 45.4 Å². The zero-order valence-corrected chi connectivity index (χ0v) is 14.0. The summed E-state index contributed by atoms with van der Waals surface area (Å²) in [6.45, 7) is 5.85. The first-order valence-corrected chi connectivity index (χ1v) is 7.95. The lowest BCUT2D eigenvalue weighted by Crippen LogP contribution is -2.26. The minimum absolute atomic E-state index is 0.0209. The van der Waals surface area contributed by atoms with Crippen LogP contribution < -0.4 is 0 Å². The zero-order valence-electron chi connectivity index (χ0n) is 14.0. The van der Waals surface area contributed by atoms with Gasteiger partial charge in [0.25, 0.3) is 0 Å². The molecule has 24 heavy (non-hydrogen) atoms. The summed E-state index contributed by atoms with van der Waals surface area (Å²) in [5, 5.41) is 19.2. The lowest BCUT2D eigenvalue weighted by atomic mass is 9.71. The number of fused-ring (bicyclic) bond motifs is 1. The SMILES string of the molecule is Cc1coc(-c2ccc3c(c2C(=O)O)CCCC3(C)C)c1C(=O)O. The number of aryl methyl sites for hydroxylation is 1. The Bertz CT molecular complexity index is 842. The Morgan fingerprint density at radius 2 is 1.79 bits per heavy atom. The van der Waals surface area contributed by atoms with Crippen molar-refractivity contribution in [1.29, 1.82) is 0 Å². The molecule has 3 rings (SSSR count). The number of hydrogen-bond acceptors (Lipinski definition) is 3. The number of carboxylic acids is 2. The van der Waals surface area contributed by atoms with Crippen molar-refractivity contribution in [3.8, 4) is 11.3 Å². The van der Waals surface area contributed by atoms with E-state index >= 15 is 0 Å². The molecule has 1 aromatic carbocycles. The van der Waals surface area contributed by atoms with Crippen LogP contribution in [0.25, 0.3) is 11.3 Å². The Kier molecular flexibility index (Phi) is 3.74. The van der Waals surface area contributed by atoms with Gasteiger partial charge in [-0.3, -0.25) is 0 Å². The van der Waals surface area contributed by atoms with Gasteiger partial charge in [0, 0.05) is 11.1 Å². The van der Waals surface area contributed by atoms with Crippen LogP contribution in [0.5, 0.6) is 0 Å². The van der Waals surface area contributed by atoms with E-state index in [9.17, 15) is 19.8 Å². The van der Waals surface area contributed by atoms with Crippen molar-refractivity contribution in [2.24, 2.45) is 0 Å². The fourth-order valence-corrected chi connectivity index (χ4v) is 3.73. The number of aromatic carboxylic acids is 2. The molecule has 5 nitrogen and oxygen atoms in total. The Hall–Kier alpha value is -2.56. The summed E-state index contributed by atoms with van der Waals surface area (Å²) in [6.07, 6.45) is 3.94. The average Bonchev–Trinajstić information content (AvgIpc) is 2.87. The number of hydrogen-bond donors (Lipinski definition) is 2. The van der Waals surface area contributed by atoms with E-state index in [4.69, 9.17) is 4.42 Å². The Morgan fingerprint density at radius 1 is 1.12 bits per heavy atom. The average molecular weight is 328 g/mol. The summed E-state index contributed by atoms with van der Waals surface area (Å²) in [6, 6.07) is 3.60. The fourth-order valence-electron chi connectivity index (χ4n) is 3.73. The number of carboxylic acid groups (broad SMARTS) is 2. The van der Waals surface area contributed by atoms with Crippen molar-refractivity contribution in [2.75, 3.05) is 0 Å². The fraction of sp³-hybridized carbons (Fsp3) is 0.368. The summed E-state index contributed by atoms with van der Waals surface area (Å²) in [5.41, 5.74) is 2.73. The molecule has 0 amide bonds. The van der Waals surface area contributed by atoms with E-state index < -0.39 is 11.9 Å². The van der Waals surface area contributed by atoms with Gasteiger partial charge in [0.1, 0.15) is 11.3 Å². The molecule has 0 aliphatic heterocycles. The normalized spacial score (nSPS) is 15.8. The van der Waals surface area contributed by atoms with Crippen molar-refractivity contribution in [1.82, 2.24) is 0 Å². The van der Waals surface area contributed by atoms with Crippen molar-refractivity contribution in [3.05, 3.63) is 46.2 Å². The third-order valence-corrected chi connectivity index (χ3v) is 4.92. The maximum absolute atomic E-state index is 12.0. The smallest absolute Gasteiger partial charge is 0.339 e. The van der Waals surface area contributed by atoms with Crippen LogP contribution in [0.2, 0.25) is 0 Å². The molecular formula is C19H20O5. The lowest BCUT2D eigenvalue weighted by molar-refractivity contribution is 0.0682. The minimum atomic E-state index is -1.12. The van der Waals surface area contributed by atoms with Crippen molar-refractivity contribution in [3.63, 3.8) is 0 Å². The van der Waals surface area contributed by atoms with Crippen LogP contribution >= 0.6 is 0 Å². The first-order valence-electron chi connectivity index (χ1n) is 7.95. The summed E-state index contributed by atoms with van der Waals surface area (Å²) in [7, 11) is 0. The Labute approximate surface area is 139 Å². The van der Waals surface area contributed by atoms with Crippen LogP contribution in [0, 0.1) is 6.92 Å². The number of furan rings is 1. The number of carbonyl (C=O) groups is 2. The van der Waals surface area contributed by atoms with Crippen LogP contribution in [0.15, 0.2) is 22.8 Å². The third kappa shape index (κ3) is 2.40. The van der Waals surface area contributed by atoms with Gasteiger partial charge in [-0.25, -0.2) is 9.59 Å². The lowest BCUT2D eigenvalue weighted by Gasteiger charge is -2.33. The van der Waals surface area contributed by atoms with Crippen LogP contribution in [-0.4, -0.2) is 22.2 Å². The van der Waals surface area contributed by atoms with E-state index in [1.807, 2.05) is 6.07 Å². The monoisotopic (exact) mass is 328 g/mol. The number of rotatable bonds is 3. The molecular weight excluding hydrogens is 308 g/mol. The molecule has 0 atom stereocenters. The maximum Gasteiger partial charge on any atom is 0.339 e. The molecule has 2 aromatic rings. The van der Waals surface area contributed by atoms with Gasteiger partial charge in [-0.15, -0.1) is 0 Å². The van der Waals surface area contributed by atoms with Gasteiger partial charge in [-0.05, 0) is 42.7 Å². The van der Waals surface area contributed by atoms with Crippen molar-refractivity contribution < 1.29 is 24.2 Å². The molecule has 0 fully saturated rings. The molecule has 1 aliphatic rings. The molecule has 0 spiro atoms. The van der Waals surface area contributed by atoms with Crippen LogP contribution in [0.3, 0.4) is 0 Å². The number of benzene rings is 1. The predicted molar refractivity (Wildman–Crippen MR) is 88.8 cm³/mol. The molecule has 1 heterocycles. The predicted octanol–water partition coefficient (Wildman–Crippen LogP) is 4.27. The molecule has 0 unspecified atom stereocenters. The molecule has 0 saturated carbocycles. The molecule has 126 valence electrons. The second-order valence-electron chi connectivity index (χ2n) is 6.98. The van der Waals surface area contributed by atoms with Gasteiger partial charge in [0.05, 0.1) is 11.8 Å². The Balaban J connectivity index is 2.32. The Morgan fingerprint density at radius 3 is 2.42 bits per heavy atom. The van der Waals surface area contributed by atoms with Gasteiger partial charge >= 0.3 is 11.9 Å². The van der Waals surface area contributed by atoms with Gasteiger partial charge in [-0.1, -0.05) is 26.0 Å². The van der Waals surface area contributed by atoms with Crippen LogP contribution in [0.1, 0.15) is 64.1 Å². The van der Waals surface area contributed by atoms with E-state index in [-0.39, 0.29) is 22.3 Å². The molecule has 2 N–H and O–H groups in total. The first-order chi connectivity index (χ1) is 11.2. The van der Waals surface area contributed by atoms with Gasteiger partial charge in [-0.2, -0.15) is 0 Å². The van der Waals surface area contributed by atoms with Crippen molar-refractivity contribution >= 4 is 11.9 Å². The molecule has 0 radical (unpaired) electrons. The van der Waals surface area contributed by atoms with Gasteiger partial charge < -0.3 is 14.6 Å². The molecule has 1 aliphatic carbocycles. The quantitative estimate of drug-likeness (QED) is 0.878. The summed E-state index contributed by atoms with van der Waals surface area (Å²) in [5.74, 6) is -2.06. The molecule has 5 heteroatoms. The van der Waals surface area contributed by atoms with Crippen LogP contribution in [-0.2, 0) is 11.8 Å². The second-order valence-corrected chi connectivity index (χ2v) is 6.98. The molecule has 0 saturated heterocycles. The second kappa shape index (κ2) is 5.51. The van der Waals surface area contributed by atoms with E-state index in [2.05, 4.69) is 13.8 Å². The van der Waals surface area contributed by atoms with Gasteiger partial charge in [0.2, 0.25) is 0 Å². The van der Waals surface area contributed by atoms with E-state index in [0.29, 0.717) is 17.5 Å². The zero-order chi connectivity index (χ0) is 17.6. The molecule has 0 bridgehead atoms. The largest absolute Gasteiger partial charge is 0.478 e. The van der Waals surface area contributed by atoms with E-state index in [1.54, 1.807) is 13.0 Å². The van der Waals surface area contributed by atoms with Gasteiger partial charge in [0.15, 0.2) is 0 Å². The highest BCUT2D eigenvalue weighted by Gasteiger charge is 2.33. The highest BCUT2D eigenvalue weighted by Crippen LogP contribution is 2.42. The standard InChI is InChI=1S/C19H20O5/c1-10-9-24-16(14(10)17(20)21)12-6-7-13-11(15(12)18(22)23)5-4-8-19(13,2)3/h6-7,9H,4-5,8H2,1-3H3,(H,20,21)(H,22,23). The third-order valence-electron chi connectivity index (χ3n) is 4.92. The molecule has 1 aromatic heterocycles. The maximum atomic E-state index is 12.0. The van der Waals surface area contributed by atoms with Crippen LogP contribution in [0.4, 0.5) is 0 Å².